The average Bonchev–Trinajstić information content (AvgIpc) is 2.97. The van der Waals surface area contributed by atoms with E-state index in [0.717, 1.165) is 15.1 Å². The third-order valence-corrected chi connectivity index (χ3v) is 4.95. The van der Waals surface area contributed by atoms with Crippen LogP contribution >= 0.6 is 34.7 Å². The lowest BCUT2D eigenvalue weighted by Gasteiger charge is -2.06. The molecule has 112 valence electrons. The number of hydrogen-bond acceptors (Lipinski definition) is 5. The number of nitrogens with one attached hydrogen (secondary N) is 2. The summed E-state index contributed by atoms with van der Waals surface area (Å²) < 4.78 is 0.966. The van der Waals surface area contributed by atoms with Gasteiger partial charge in [0.2, 0.25) is 5.13 Å². The van der Waals surface area contributed by atoms with Gasteiger partial charge in [0.05, 0.1) is 9.72 Å². The van der Waals surface area contributed by atoms with Gasteiger partial charge in [-0.2, -0.15) is 0 Å². The molecule has 0 saturated carbocycles. The van der Waals surface area contributed by atoms with Crippen LogP contribution < -0.4 is 10.9 Å². The van der Waals surface area contributed by atoms with Crippen LogP contribution in [0.3, 0.4) is 0 Å². The van der Waals surface area contributed by atoms with E-state index in [4.69, 9.17) is 11.6 Å². The molecule has 7 heteroatoms. The minimum Gasteiger partial charge on any atom is -0.273 e. The predicted molar refractivity (Wildman–Crippen MR) is 93.9 cm³/mol. The molecule has 0 spiro atoms. The number of hydrazine groups is 1. The minimum atomic E-state index is -0.207. The molecule has 1 amide bonds. The molecule has 1 aromatic heterocycles. The van der Waals surface area contributed by atoms with Crippen LogP contribution in [0.2, 0.25) is 5.02 Å². The van der Waals surface area contributed by atoms with Gasteiger partial charge in [0.25, 0.3) is 5.91 Å². The van der Waals surface area contributed by atoms with Crippen LogP contribution in [-0.2, 0) is 0 Å². The Labute approximate surface area is 140 Å². The van der Waals surface area contributed by atoms with Crippen LogP contribution in [0, 0.1) is 0 Å². The van der Waals surface area contributed by atoms with Gasteiger partial charge in [-0.15, -0.1) is 11.8 Å². The predicted octanol–water partition coefficient (Wildman–Crippen LogP) is 4.43. The zero-order valence-electron chi connectivity index (χ0n) is 11.6. The first-order valence-electron chi connectivity index (χ1n) is 6.43. The number of nitrogens with zero attached hydrogens (tertiary/aromatic N) is 1. The number of para-hydroxylation sites is 1. The Kier molecular flexibility index (Phi) is 4.52. The lowest BCUT2D eigenvalue weighted by molar-refractivity contribution is 0.0962. The summed E-state index contributed by atoms with van der Waals surface area (Å²) in [5.41, 5.74) is 6.82. The summed E-state index contributed by atoms with van der Waals surface area (Å²) >= 11 is 9.11. The van der Waals surface area contributed by atoms with E-state index in [9.17, 15) is 4.79 Å². The van der Waals surface area contributed by atoms with E-state index >= 15 is 0 Å². The van der Waals surface area contributed by atoms with Gasteiger partial charge in [-0.3, -0.25) is 15.6 Å². The van der Waals surface area contributed by atoms with E-state index < -0.39 is 0 Å². The summed E-state index contributed by atoms with van der Waals surface area (Å²) in [5.74, 6) is -0.207. The standard InChI is InChI=1S/C15H12ClN3OS2/c1-21-10-5-2-4-9(8-10)14(20)18-19-15-17-13-11(16)6-3-7-12(13)22-15/h2-8H,1H3,(H,17,19)(H,18,20). The first kappa shape index (κ1) is 15.1. The van der Waals surface area contributed by atoms with E-state index in [-0.39, 0.29) is 5.91 Å². The summed E-state index contributed by atoms with van der Waals surface area (Å²) in [6, 6.07) is 13.0. The van der Waals surface area contributed by atoms with Gasteiger partial charge in [-0.05, 0) is 36.6 Å². The maximum absolute atomic E-state index is 12.1. The van der Waals surface area contributed by atoms with Gasteiger partial charge in [-0.1, -0.05) is 35.1 Å². The van der Waals surface area contributed by atoms with Crippen molar-refractivity contribution in [2.24, 2.45) is 0 Å². The molecular formula is C15H12ClN3OS2. The quantitative estimate of drug-likeness (QED) is 0.540. The van der Waals surface area contributed by atoms with Gasteiger partial charge in [0.15, 0.2) is 0 Å². The fourth-order valence-electron chi connectivity index (χ4n) is 1.92. The largest absolute Gasteiger partial charge is 0.273 e. The normalized spacial score (nSPS) is 10.6. The molecule has 0 aliphatic rings. The maximum atomic E-state index is 12.1. The second kappa shape index (κ2) is 6.56. The van der Waals surface area contributed by atoms with Crippen molar-refractivity contribution < 1.29 is 4.79 Å². The molecule has 0 aliphatic carbocycles. The molecule has 2 aromatic carbocycles. The summed E-state index contributed by atoms with van der Waals surface area (Å²) in [7, 11) is 0. The minimum absolute atomic E-state index is 0.207. The van der Waals surface area contributed by atoms with Crippen molar-refractivity contribution in [1.29, 1.82) is 0 Å². The van der Waals surface area contributed by atoms with Crippen molar-refractivity contribution in [3.05, 3.63) is 53.1 Å². The van der Waals surface area contributed by atoms with Crippen LogP contribution in [0.5, 0.6) is 0 Å². The number of amides is 1. The third-order valence-electron chi connectivity index (χ3n) is 2.98. The van der Waals surface area contributed by atoms with Crippen molar-refractivity contribution in [2.75, 3.05) is 11.7 Å². The van der Waals surface area contributed by atoms with Gasteiger partial charge in [-0.25, -0.2) is 4.98 Å². The third kappa shape index (κ3) is 3.19. The molecule has 0 atom stereocenters. The Morgan fingerprint density at radius 2 is 2.09 bits per heavy atom. The van der Waals surface area contributed by atoms with Crippen molar-refractivity contribution in [3.63, 3.8) is 0 Å². The van der Waals surface area contributed by atoms with Crippen LogP contribution in [0.1, 0.15) is 10.4 Å². The molecule has 3 aromatic rings. The Morgan fingerprint density at radius 1 is 1.27 bits per heavy atom. The number of anilines is 1. The SMILES string of the molecule is CSc1cccc(C(=O)NNc2nc3c(Cl)cccc3s2)c1. The van der Waals surface area contributed by atoms with Gasteiger partial charge in [0, 0.05) is 10.5 Å². The van der Waals surface area contributed by atoms with Crippen LogP contribution in [0.25, 0.3) is 10.2 Å². The molecule has 3 rings (SSSR count). The Morgan fingerprint density at radius 3 is 2.86 bits per heavy atom. The van der Waals surface area contributed by atoms with E-state index in [1.54, 1.807) is 23.9 Å². The number of hydrogen-bond donors (Lipinski definition) is 2. The van der Waals surface area contributed by atoms with Crippen molar-refractivity contribution in [2.45, 2.75) is 4.90 Å². The molecule has 0 bridgehead atoms. The summed E-state index contributed by atoms with van der Waals surface area (Å²) in [5, 5.41) is 1.19. The highest BCUT2D eigenvalue weighted by Gasteiger charge is 2.09. The number of fused-ring (bicyclic) bond motifs is 1. The van der Waals surface area contributed by atoms with Gasteiger partial charge < -0.3 is 0 Å². The summed E-state index contributed by atoms with van der Waals surface area (Å²) in [6.07, 6.45) is 1.97. The van der Waals surface area contributed by atoms with E-state index in [1.807, 2.05) is 36.6 Å². The monoisotopic (exact) mass is 349 g/mol. The zero-order valence-corrected chi connectivity index (χ0v) is 14.0. The molecular weight excluding hydrogens is 338 g/mol. The molecule has 1 heterocycles. The van der Waals surface area contributed by atoms with Crippen LogP contribution in [0.15, 0.2) is 47.4 Å². The molecule has 0 saturated heterocycles. The molecule has 0 radical (unpaired) electrons. The highest BCUT2D eigenvalue weighted by atomic mass is 35.5. The molecule has 0 fully saturated rings. The molecule has 2 N–H and O–H groups in total. The lowest BCUT2D eigenvalue weighted by atomic mass is 10.2. The van der Waals surface area contributed by atoms with Crippen LogP contribution in [-0.4, -0.2) is 17.1 Å². The number of thioether (sulfide) groups is 1. The second-order valence-electron chi connectivity index (χ2n) is 4.42. The van der Waals surface area contributed by atoms with E-state index in [1.165, 1.54) is 11.3 Å². The van der Waals surface area contributed by atoms with Gasteiger partial charge >= 0.3 is 0 Å². The summed E-state index contributed by atoms with van der Waals surface area (Å²) in [6.45, 7) is 0. The fraction of sp³-hybridized carbons (Fsp3) is 0.0667. The first-order chi connectivity index (χ1) is 10.7. The number of rotatable bonds is 4. The first-order valence-corrected chi connectivity index (χ1v) is 8.85. The molecule has 22 heavy (non-hydrogen) atoms. The number of carbonyl (C=O) groups is 1. The smallest absolute Gasteiger partial charge is 0.269 e. The highest BCUT2D eigenvalue weighted by molar-refractivity contribution is 7.98. The Hall–Kier alpha value is -1.76. The van der Waals surface area contributed by atoms with Crippen molar-refractivity contribution in [1.82, 2.24) is 10.4 Å². The van der Waals surface area contributed by atoms with E-state index in [2.05, 4.69) is 15.8 Å². The number of benzene rings is 2. The highest BCUT2D eigenvalue weighted by Crippen LogP contribution is 2.30. The Balaban J connectivity index is 1.73. The zero-order chi connectivity index (χ0) is 15.5. The summed E-state index contributed by atoms with van der Waals surface area (Å²) in [4.78, 5) is 17.5. The fourth-order valence-corrected chi connectivity index (χ4v) is 3.49. The topological polar surface area (TPSA) is 54.0 Å². The number of thiazole rings is 1. The van der Waals surface area contributed by atoms with Crippen LogP contribution in [0.4, 0.5) is 5.13 Å². The average molecular weight is 350 g/mol. The number of halogens is 1. The number of aromatic nitrogens is 1. The van der Waals surface area contributed by atoms with E-state index in [0.29, 0.717) is 15.7 Å². The maximum Gasteiger partial charge on any atom is 0.269 e. The van der Waals surface area contributed by atoms with Crippen molar-refractivity contribution in [3.8, 4) is 0 Å². The number of carbonyl (C=O) groups excluding carboxylic acids is 1. The molecule has 4 nitrogen and oxygen atoms in total. The molecule has 0 unspecified atom stereocenters. The molecule has 0 aliphatic heterocycles. The lowest BCUT2D eigenvalue weighted by Crippen LogP contribution is -2.29. The van der Waals surface area contributed by atoms with Crippen molar-refractivity contribution >= 4 is 56.0 Å². The Bertz CT molecular complexity index is 835. The second-order valence-corrected chi connectivity index (χ2v) is 6.73. The van der Waals surface area contributed by atoms with Gasteiger partial charge in [0.1, 0.15) is 5.52 Å².